The number of hydrogen-bond donors (Lipinski definition) is 1. The lowest BCUT2D eigenvalue weighted by atomic mass is 9.91. The molecule has 1 saturated heterocycles. The van der Waals surface area contributed by atoms with Crippen LogP contribution in [-0.2, 0) is 4.74 Å². The maximum absolute atomic E-state index is 6.18. The van der Waals surface area contributed by atoms with Crippen molar-refractivity contribution in [3.8, 4) is 0 Å². The van der Waals surface area contributed by atoms with E-state index < -0.39 is 0 Å². The standard InChI is InChI=1S/C16H32N2O/c1-14(2)11-13(15(3,4)19-14)17-12-16(18(5)6)9-7-8-10-16/h13,17H,7-12H2,1-6H3. The molecule has 19 heavy (non-hydrogen) atoms. The van der Waals surface area contributed by atoms with Crippen LogP contribution < -0.4 is 5.32 Å². The average molecular weight is 268 g/mol. The normalized spacial score (nSPS) is 32.1. The first-order chi connectivity index (χ1) is 8.67. The second-order valence-electron chi connectivity index (χ2n) is 7.93. The molecule has 1 N–H and O–H groups in total. The van der Waals surface area contributed by atoms with Crippen molar-refractivity contribution in [2.75, 3.05) is 20.6 Å². The molecule has 3 heteroatoms. The molecule has 1 aliphatic heterocycles. The number of likely N-dealkylation sites (N-methyl/N-ethyl adjacent to an activating group) is 1. The van der Waals surface area contributed by atoms with Crippen LogP contribution in [0.1, 0.15) is 59.8 Å². The van der Waals surface area contributed by atoms with Crippen molar-refractivity contribution in [1.29, 1.82) is 0 Å². The summed E-state index contributed by atoms with van der Waals surface area (Å²) in [5.74, 6) is 0. The van der Waals surface area contributed by atoms with E-state index in [0.29, 0.717) is 11.6 Å². The highest BCUT2D eigenvalue weighted by molar-refractivity contribution is 5.02. The molecule has 1 unspecified atom stereocenters. The van der Waals surface area contributed by atoms with E-state index in [1.807, 2.05) is 0 Å². The Morgan fingerprint density at radius 3 is 2.11 bits per heavy atom. The van der Waals surface area contributed by atoms with Crippen molar-refractivity contribution < 1.29 is 4.74 Å². The quantitative estimate of drug-likeness (QED) is 0.848. The third-order valence-corrected chi connectivity index (χ3v) is 5.23. The van der Waals surface area contributed by atoms with E-state index in [1.165, 1.54) is 25.7 Å². The Kier molecular flexibility index (Phi) is 4.03. The van der Waals surface area contributed by atoms with Crippen LogP contribution in [0.15, 0.2) is 0 Å². The molecule has 0 aromatic rings. The second-order valence-corrected chi connectivity index (χ2v) is 7.93. The maximum Gasteiger partial charge on any atom is 0.0787 e. The Balaban J connectivity index is 1.98. The average Bonchev–Trinajstić information content (AvgIpc) is 2.78. The van der Waals surface area contributed by atoms with Crippen LogP contribution >= 0.6 is 0 Å². The Hall–Kier alpha value is -0.120. The summed E-state index contributed by atoms with van der Waals surface area (Å²) in [6, 6.07) is 0.458. The van der Waals surface area contributed by atoms with Gasteiger partial charge in [0.05, 0.1) is 11.2 Å². The highest BCUT2D eigenvalue weighted by Gasteiger charge is 2.47. The summed E-state index contributed by atoms with van der Waals surface area (Å²) in [6.07, 6.45) is 6.49. The molecule has 2 aliphatic rings. The molecule has 0 aromatic heterocycles. The highest BCUT2D eigenvalue weighted by atomic mass is 16.5. The Morgan fingerprint density at radius 2 is 1.68 bits per heavy atom. The molecule has 112 valence electrons. The van der Waals surface area contributed by atoms with Crippen LogP contribution in [0.3, 0.4) is 0 Å². The van der Waals surface area contributed by atoms with E-state index in [1.54, 1.807) is 0 Å². The molecule has 0 aromatic carbocycles. The summed E-state index contributed by atoms with van der Waals surface area (Å²) in [5, 5.41) is 3.82. The molecule has 0 bridgehead atoms. The van der Waals surface area contributed by atoms with Crippen molar-refractivity contribution in [3.05, 3.63) is 0 Å². The number of ether oxygens (including phenoxy) is 1. The Bertz CT molecular complexity index is 317. The molecule has 1 atom stereocenters. The minimum Gasteiger partial charge on any atom is -0.368 e. The molecule has 2 fully saturated rings. The number of nitrogens with zero attached hydrogens (tertiary/aromatic N) is 1. The van der Waals surface area contributed by atoms with Crippen LogP contribution in [0.4, 0.5) is 0 Å². The Labute approximate surface area is 119 Å². The molecule has 1 saturated carbocycles. The van der Waals surface area contributed by atoms with E-state index in [9.17, 15) is 0 Å². The van der Waals surface area contributed by atoms with Gasteiger partial charge < -0.3 is 15.0 Å². The van der Waals surface area contributed by atoms with Gasteiger partial charge in [-0.25, -0.2) is 0 Å². The molecule has 2 rings (SSSR count). The van der Waals surface area contributed by atoms with Crippen molar-refractivity contribution in [2.24, 2.45) is 0 Å². The zero-order chi connectivity index (χ0) is 14.3. The minimum atomic E-state index is -0.0599. The van der Waals surface area contributed by atoms with Crippen molar-refractivity contribution >= 4 is 0 Å². The van der Waals surface area contributed by atoms with E-state index in [2.05, 4.69) is 52.0 Å². The summed E-state index contributed by atoms with van der Waals surface area (Å²) in [5.41, 5.74) is 0.306. The Morgan fingerprint density at radius 1 is 1.11 bits per heavy atom. The molecular formula is C16H32N2O. The van der Waals surface area contributed by atoms with Crippen molar-refractivity contribution in [3.63, 3.8) is 0 Å². The highest BCUT2D eigenvalue weighted by Crippen LogP contribution is 2.38. The zero-order valence-electron chi connectivity index (χ0n) is 13.7. The van der Waals surface area contributed by atoms with Gasteiger partial charge in [0.15, 0.2) is 0 Å². The van der Waals surface area contributed by atoms with E-state index in [-0.39, 0.29) is 11.2 Å². The van der Waals surface area contributed by atoms with Crippen LogP contribution in [0.5, 0.6) is 0 Å². The van der Waals surface area contributed by atoms with Gasteiger partial charge in [0.25, 0.3) is 0 Å². The number of nitrogens with one attached hydrogen (secondary N) is 1. The zero-order valence-corrected chi connectivity index (χ0v) is 13.7. The van der Waals surface area contributed by atoms with E-state index in [0.717, 1.165) is 13.0 Å². The van der Waals surface area contributed by atoms with Crippen LogP contribution in [0.2, 0.25) is 0 Å². The largest absolute Gasteiger partial charge is 0.368 e. The fraction of sp³-hybridized carbons (Fsp3) is 1.00. The van der Waals surface area contributed by atoms with Gasteiger partial charge >= 0.3 is 0 Å². The first-order valence-electron chi connectivity index (χ1n) is 7.78. The summed E-state index contributed by atoms with van der Waals surface area (Å²) in [4.78, 5) is 2.43. The lowest BCUT2D eigenvalue weighted by Gasteiger charge is -2.39. The van der Waals surface area contributed by atoms with Gasteiger partial charge in [-0.05, 0) is 61.1 Å². The molecule has 0 amide bonds. The van der Waals surface area contributed by atoms with Gasteiger partial charge in [0.2, 0.25) is 0 Å². The number of hydrogen-bond acceptors (Lipinski definition) is 3. The predicted molar refractivity (Wildman–Crippen MR) is 80.5 cm³/mol. The predicted octanol–water partition coefficient (Wildman–Crippen LogP) is 2.80. The first kappa shape index (κ1) is 15.3. The summed E-state index contributed by atoms with van der Waals surface area (Å²) in [6.45, 7) is 9.93. The van der Waals surface area contributed by atoms with Crippen molar-refractivity contribution in [1.82, 2.24) is 10.2 Å². The van der Waals surface area contributed by atoms with E-state index >= 15 is 0 Å². The summed E-state index contributed by atoms with van der Waals surface area (Å²) < 4.78 is 6.18. The fourth-order valence-corrected chi connectivity index (χ4v) is 4.01. The second kappa shape index (κ2) is 5.01. The van der Waals surface area contributed by atoms with Gasteiger partial charge in [-0.2, -0.15) is 0 Å². The molecule has 1 aliphatic carbocycles. The van der Waals surface area contributed by atoms with Gasteiger partial charge in [0.1, 0.15) is 0 Å². The smallest absolute Gasteiger partial charge is 0.0787 e. The van der Waals surface area contributed by atoms with Crippen LogP contribution in [-0.4, -0.2) is 48.3 Å². The van der Waals surface area contributed by atoms with E-state index in [4.69, 9.17) is 4.74 Å². The molecule has 3 nitrogen and oxygen atoms in total. The first-order valence-corrected chi connectivity index (χ1v) is 7.78. The maximum atomic E-state index is 6.18. The van der Waals surface area contributed by atoms with Gasteiger partial charge in [-0.15, -0.1) is 0 Å². The van der Waals surface area contributed by atoms with Crippen molar-refractivity contribution in [2.45, 2.75) is 82.6 Å². The summed E-state index contributed by atoms with van der Waals surface area (Å²) >= 11 is 0. The van der Waals surface area contributed by atoms with Gasteiger partial charge in [-0.1, -0.05) is 12.8 Å². The SMILES string of the molecule is CN(C)C1(CNC2CC(C)(C)OC2(C)C)CCCC1. The van der Waals surface area contributed by atoms with Gasteiger partial charge in [-0.3, -0.25) is 0 Å². The molecule has 1 heterocycles. The molecule has 0 spiro atoms. The fourth-order valence-electron chi connectivity index (χ4n) is 4.01. The van der Waals surface area contributed by atoms with Gasteiger partial charge in [0, 0.05) is 18.1 Å². The third kappa shape index (κ3) is 3.14. The topological polar surface area (TPSA) is 24.5 Å². The van der Waals surface area contributed by atoms with Crippen LogP contribution in [0, 0.1) is 0 Å². The minimum absolute atomic E-state index is 0.00211. The molecular weight excluding hydrogens is 236 g/mol. The lowest BCUT2D eigenvalue weighted by molar-refractivity contribution is -0.0704. The molecule has 0 radical (unpaired) electrons. The van der Waals surface area contributed by atoms with Crippen LogP contribution in [0.25, 0.3) is 0 Å². The monoisotopic (exact) mass is 268 g/mol. The number of rotatable bonds is 4. The third-order valence-electron chi connectivity index (χ3n) is 5.23. The lowest BCUT2D eigenvalue weighted by Crippen LogP contribution is -2.54. The summed E-state index contributed by atoms with van der Waals surface area (Å²) in [7, 11) is 4.46.